The van der Waals surface area contributed by atoms with E-state index in [9.17, 15) is 4.79 Å². The Labute approximate surface area is 224 Å². The summed E-state index contributed by atoms with van der Waals surface area (Å²) >= 11 is 3.61. The standard InChI is InChI=1S/C29H28BrN5O2/c1-17-9-11-24(19(3)13-17)34-28(36)26-20(4)33-29-31-16-32-35(29)27(26)23-14-22(30)10-12-25(23)37-15-21-8-6-5-7-18(21)2/h5-14,16,27H,15H2,1-4H3,(H,34,36)(H,31,32,33). The van der Waals surface area contributed by atoms with E-state index in [1.807, 2.05) is 63.2 Å². The molecule has 0 saturated heterocycles. The minimum atomic E-state index is -0.547. The molecule has 0 fully saturated rings. The van der Waals surface area contributed by atoms with E-state index in [0.717, 1.165) is 38.0 Å². The van der Waals surface area contributed by atoms with Crippen molar-refractivity contribution in [1.82, 2.24) is 14.8 Å². The Morgan fingerprint density at radius 1 is 1.05 bits per heavy atom. The molecule has 1 unspecified atom stereocenters. The van der Waals surface area contributed by atoms with Gasteiger partial charge in [-0.25, -0.2) is 4.68 Å². The third-order valence-electron chi connectivity index (χ3n) is 6.58. The summed E-state index contributed by atoms with van der Waals surface area (Å²) in [5, 5.41) is 10.8. The molecule has 1 aliphatic rings. The maximum absolute atomic E-state index is 13.8. The molecular formula is C29H28BrN5O2. The molecule has 0 bridgehead atoms. The van der Waals surface area contributed by atoms with Crippen molar-refractivity contribution in [2.45, 2.75) is 40.3 Å². The second-order valence-electron chi connectivity index (χ2n) is 9.26. The lowest BCUT2D eigenvalue weighted by Gasteiger charge is -2.30. The van der Waals surface area contributed by atoms with Gasteiger partial charge in [-0.3, -0.25) is 4.79 Å². The van der Waals surface area contributed by atoms with Gasteiger partial charge in [0.15, 0.2) is 0 Å². The summed E-state index contributed by atoms with van der Waals surface area (Å²) in [7, 11) is 0. The molecule has 5 rings (SSSR count). The first kappa shape index (κ1) is 24.8. The number of hydrogen-bond donors (Lipinski definition) is 2. The van der Waals surface area contributed by atoms with Gasteiger partial charge in [0.25, 0.3) is 5.91 Å². The van der Waals surface area contributed by atoms with Crippen molar-refractivity contribution in [3.05, 3.63) is 111 Å². The van der Waals surface area contributed by atoms with Gasteiger partial charge >= 0.3 is 0 Å². The molecule has 0 spiro atoms. The molecule has 7 nitrogen and oxygen atoms in total. The average Bonchev–Trinajstić information content (AvgIpc) is 3.33. The Kier molecular flexibility index (Phi) is 6.84. The van der Waals surface area contributed by atoms with Crippen LogP contribution in [0, 0.1) is 20.8 Å². The number of nitrogens with one attached hydrogen (secondary N) is 2. The van der Waals surface area contributed by atoms with Crippen LogP contribution in [0.25, 0.3) is 0 Å². The van der Waals surface area contributed by atoms with Crippen LogP contribution in [0.2, 0.25) is 0 Å². The van der Waals surface area contributed by atoms with Gasteiger partial charge in [-0.15, -0.1) is 0 Å². The van der Waals surface area contributed by atoms with Gasteiger partial charge < -0.3 is 15.4 Å². The topological polar surface area (TPSA) is 81.1 Å². The van der Waals surface area contributed by atoms with Crippen LogP contribution in [0.5, 0.6) is 5.75 Å². The zero-order valence-corrected chi connectivity index (χ0v) is 22.8. The highest BCUT2D eigenvalue weighted by molar-refractivity contribution is 9.10. The molecule has 1 aliphatic heterocycles. The third-order valence-corrected chi connectivity index (χ3v) is 7.07. The smallest absolute Gasteiger partial charge is 0.255 e. The number of carbonyl (C=O) groups is 1. The molecule has 8 heteroatoms. The van der Waals surface area contributed by atoms with Crippen molar-refractivity contribution in [1.29, 1.82) is 0 Å². The minimum Gasteiger partial charge on any atom is -0.489 e. The highest BCUT2D eigenvalue weighted by Gasteiger charge is 2.35. The lowest BCUT2D eigenvalue weighted by Crippen LogP contribution is -2.32. The molecule has 37 heavy (non-hydrogen) atoms. The Morgan fingerprint density at radius 3 is 2.65 bits per heavy atom. The Hall–Kier alpha value is -3.91. The molecule has 3 aromatic carbocycles. The number of aryl methyl sites for hydroxylation is 3. The van der Waals surface area contributed by atoms with Crippen LogP contribution >= 0.6 is 15.9 Å². The van der Waals surface area contributed by atoms with Crippen LogP contribution in [-0.2, 0) is 11.4 Å². The zero-order valence-electron chi connectivity index (χ0n) is 21.2. The summed E-state index contributed by atoms with van der Waals surface area (Å²) in [6, 6.07) is 19.4. The highest BCUT2D eigenvalue weighted by Crippen LogP contribution is 2.40. The van der Waals surface area contributed by atoms with Gasteiger partial charge in [-0.05, 0) is 68.7 Å². The number of nitrogens with zero attached hydrogens (tertiary/aromatic N) is 3. The number of halogens is 1. The van der Waals surface area contributed by atoms with E-state index in [1.54, 1.807) is 4.68 Å². The average molecular weight is 558 g/mol. The summed E-state index contributed by atoms with van der Waals surface area (Å²) in [5.41, 5.74) is 7.21. The number of carbonyl (C=O) groups excluding carboxylic acids is 1. The maximum atomic E-state index is 13.8. The first-order valence-corrected chi connectivity index (χ1v) is 12.8. The van der Waals surface area contributed by atoms with Crippen LogP contribution in [-0.4, -0.2) is 20.7 Å². The summed E-state index contributed by atoms with van der Waals surface area (Å²) in [6.45, 7) is 8.38. The lowest BCUT2D eigenvalue weighted by molar-refractivity contribution is -0.113. The van der Waals surface area contributed by atoms with E-state index in [-0.39, 0.29) is 5.91 Å². The maximum Gasteiger partial charge on any atom is 0.255 e. The molecule has 188 valence electrons. The zero-order chi connectivity index (χ0) is 26.1. The predicted molar refractivity (Wildman–Crippen MR) is 149 cm³/mol. The van der Waals surface area contributed by atoms with Crippen molar-refractivity contribution in [2.24, 2.45) is 0 Å². The summed E-state index contributed by atoms with van der Waals surface area (Å²) in [6.07, 6.45) is 1.49. The molecule has 1 aromatic heterocycles. The second-order valence-corrected chi connectivity index (χ2v) is 10.2. The Bertz CT molecular complexity index is 1520. The molecule has 4 aromatic rings. The number of benzene rings is 3. The van der Waals surface area contributed by atoms with Gasteiger partial charge in [-0.2, -0.15) is 10.1 Å². The molecule has 2 N–H and O–H groups in total. The van der Waals surface area contributed by atoms with Crippen LogP contribution in [0.4, 0.5) is 11.6 Å². The predicted octanol–water partition coefficient (Wildman–Crippen LogP) is 6.47. The minimum absolute atomic E-state index is 0.215. The van der Waals surface area contributed by atoms with Crippen LogP contribution in [0.15, 0.2) is 82.7 Å². The molecule has 0 radical (unpaired) electrons. The van der Waals surface area contributed by atoms with Crippen molar-refractivity contribution in [2.75, 3.05) is 10.6 Å². The lowest BCUT2D eigenvalue weighted by atomic mass is 9.94. The number of hydrogen-bond acceptors (Lipinski definition) is 5. The molecule has 2 heterocycles. The number of aromatic nitrogens is 3. The monoisotopic (exact) mass is 557 g/mol. The number of allylic oxidation sites excluding steroid dienone is 1. The van der Waals surface area contributed by atoms with Gasteiger partial charge in [0, 0.05) is 21.4 Å². The fourth-order valence-corrected chi connectivity index (χ4v) is 4.99. The fraction of sp³-hybridized carbons (Fsp3) is 0.207. The van der Waals surface area contributed by atoms with Crippen molar-refractivity contribution >= 4 is 33.5 Å². The van der Waals surface area contributed by atoms with Gasteiger partial charge in [-0.1, -0.05) is 57.9 Å². The summed E-state index contributed by atoms with van der Waals surface area (Å²) < 4.78 is 8.96. The van der Waals surface area contributed by atoms with E-state index in [2.05, 4.69) is 61.8 Å². The second kappa shape index (κ2) is 10.2. The quantitative estimate of drug-likeness (QED) is 0.284. The first-order valence-electron chi connectivity index (χ1n) is 12.0. The van der Waals surface area contributed by atoms with Crippen molar-refractivity contribution in [3.8, 4) is 5.75 Å². The van der Waals surface area contributed by atoms with Gasteiger partial charge in [0.05, 0.1) is 5.57 Å². The molecule has 1 amide bonds. The molecule has 0 saturated carbocycles. The van der Waals surface area contributed by atoms with Crippen molar-refractivity contribution < 1.29 is 9.53 Å². The Balaban J connectivity index is 1.56. The fourth-order valence-electron chi connectivity index (χ4n) is 4.61. The third kappa shape index (κ3) is 5.02. The molecule has 1 atom stereocenters. The largest absolute Gasteiger partial charge is 0.489 e. The van der Waals surface area contributed by atoms with Gasteiger partial charge in [0.1, 0.15) is 24.7 Å². The number of anilines is 2. The van der Waals surface area contributed by atoms with E-state index >= 15 is 0 Å². The van der Waals surface area contributed by atoms with E-state index < -0.39 is 6.04 Å². The Morgan fingerprint density at radius 2 is 1.86 bits per heavy atom. The van der Waals surface area contributed by atoms with Crippen LogP contribution < -0.4 is 15.4 Å². The normalized spacial score (nSPS) is 14.7. The van der Waals surface area contributed by atoms with Crippen LogP contribution in [0.3, 0.4) is 0 Å². The summed E-state index contributed by atoms with van der Waals surface area (Å²) in [4.78, 5) is 18.2. The van der Waals surface area contributed by atoms with Crippen molar-refractivity contribution in [3.63, 3.8) is 0 Å². The van der Waals surface area contributed by atoms with Crippen LogP contribution in [0.1, 0.15) is 40.8 Å². The highest BCUT2D eigenvalue weighted by atomic mass is 79.9. The van der Waals surface area contributed by atoms with Gasteiger partial charge in [0.2, 0.25) is 5.95 Å². The first-order chi connectivity index (χ1) is 17.8. The van der Waals surface area contributed by atoms with E-state index in [0.29, 0.717) is 29.6 Å². The number of amides is 1. The molecular weight excluding hydrogens is 530 g/mol. The summed E-state index contributed by atoms with van der Waals surface area (Å²) in [5.74, 6) is 1.02. The van der Waals surface area contributed by atoms with E-state index in [1.165, 1.54) is 6.33 Å². The van der Waals surface area contributed by atoms with E-state index in [4.69, 9.17) is 4.74 Å². The SMILES string of the molecule is CC1=C(C(=O)Nc2ccc(C)cc2C)C(c2cc(Br)ccc2OCc2ccccc2C)n2ncnc2N1. The number of rotatable bonds is 6. The number of fused-ring (bicyclic) bond motifs is 1. The molecule has 0 aliphatic carbocycles. The number of ether oxygens (including phenoxy) is 1.